The van der Waals surface area contributed by atoms with Crippen molar-refractivity contribution in [3.05, 3.63) is 92.8 Å². The van der Waals surface area contributed by atoms with Crippen molar-refractivity contribution in [3.8, 4) is 0 Å². The minimum atomic E-state index is -5.56. The molecule has 0 saturated heterocycles. The minimum Gasteiger partial charge on any atom is -0.478 e. The number of amides is 2. The number of nitrogens with one attached hydrogen (secondary N) is 1. The van der Waals surface area contributed by atoms with Gasteiger partial charge in [0.2, 0.25) is 0 Å². The van der Waals surface area contributed by atoms with Gasteiger partial charge in [-0.1, -0.05) is 12.1 Å². The second-order valence-electron chi connectivity index (χ2n) is 8.95. The van der Waals surface area contributed by atoms with E-state index in [0.29, 0.717) is 6.07 Å². The van der Waals surface area contributed by atoms with Gasteiger partial charge in [-0.25, -0.2) is 22.8 Å². The van der Waals surface area contributed by atoms with Gasteiger partial charge < -0.3 is 19.9 Å². The number of allylic oxidation sites excluding steroid dienone is 1. The summed E-state index contributed by atoms with van der Waals surface area (Å²) in [5.41, 5.74) is -6.93. The maximum atomic E-state index is 15.1. The summed E-state index contributed by atoms with van der Waals surface area (Å²) in [6.07, 6.45) is -5.56. The molecule has 2 aromatic rings. The Bertz CT molecular complexity index is 1510. The van der Waals surface area contributed by atoms with Crippen molar-refractivity contribution in [3.63, 3.8) is 0 Å². The van der Waals surface area contributed by atoms with Crippen LogP contribution in [0.3, 0.4) is 0 Å². The van der Waals surface area contributed by atoms with Crippen molar-refractivity contribution in [2.45, 2.75) is 12.1 Å². The van der Waals surface area contributed by atoms with Crippen LogP contribution in [0.15, 0.2) is 58.9 Å². The second kappa shape index (κ2) is 11.7. The number of nitrogens with zero attached hydrogens (tertiary/aromatic N) is 1. The van der Waals surface area contributed by atoms with Crippen LogP contribution < -0.4 is 5.32 Å². The number of alkyl halides is 4. The van der Waals surface area contributed by atoms with E-state index in [2.05, 4.69) is 10.1 Å². The summed E-state index contributed by atoms with van der Waals surface area (Å²) in [7, 11) is 0.775. The number of methoxy groups -OCH3 is 1. The average molecular weight is 598 g/mol. The SMILES string of the molecule is COC(=O)C1=C(CF)NC(COCCN2C(=O)c3ccccc3C2=O)=C(C(=O)O)C1c1c(F)ccc(F)c1C(F)(F)F. The normalized spacial score (nSPS) is 17.0. The topological polar surface area (TPSA) is 122 Å². The molecular formula is C27H20F6N2O7. The lowest BCUT2D eigenvalue weighted by Crippen LogP contribution is -2.37. The number of ether oxygens (including phenoxy) is 2. The summed E-state index contributed by atoms with van der Waals surface area (Å²) in [6, 6.07) is 6.48. The highest BCUT2D eigenvalue weighted by molar-refractivity contribution is 6.21. The summed E-state index contributed by atoms with van der Waals surface area (Å²) >= 11 is 0. The molecule has 0 aliphatic carbocycles. The monoisotopic (exact) mass is 598 g/mol. The highest BCUT2D eigenvalue weighted by atomic mass is 19.4. The first-order valence-corrected chi connectivity index (χ1v) is 12.0. The van der Waals surface area contributed by atoms with Crippen LogP contribution >= 0.6 is 0 Å². The predicted molar refractivity (Wildman–Crippen MR) is 130 cm³/mol. The van der Waals surface area contributed by atoms with E-state index >= 15 is 4.39 Å². The lowest BCUT2D eigenvalue weighted by atomic mass is 9.78. The van der Waals surface area contributed by atoms with Gasteiger partial charge in [-0.3, -0.25) is 14.5 Å². The van der Waals surface area contributed by atoms with E-state index in [9.17, 15) is 46.2 Å². The van der Waals surface area contributed by atoms with E-state index in [1.54, 1.807) is 12.1 Å². The highest BCUT2D eigenvalue weighted by Crippen LogP contribution is 2.46. The number of aliphatic carboxylic acids is 1. The molecule has 9 nitrogen and oxygen atoms in total. The number of esters is 1. The average Bonchev–Trinajstić information content (AvgIpc) is 3.19. The van der Waals surface area contributed by atoms with Crippen LogP contribution in [0.25, 0.3) is 0 Å². The Balaban J connectivity index is 1.73. The Morgan fingerprint density at radius 3 is 2.10 bits per heavy atom. The van der Waals surface area contributed by atoms with E-state index in [-0.39, 0.29) is 23.7 Å². The fourth-order valence-electron chi connectivity index (χ4n) is 4.83. The number of carbonyl (C=O) groups excluding carboxylic acids is 3. The Hall–Kier alpha value is -4.66. The van der Waals surface area contributed by atoms with Gasteiger partial charge in [0, 0.05) is 5.56 Å². The Labute approximate surface area is 233 Å². The molecule has 0 spiro atoms. The molecule has 0 bridgehead atoms. The number of hydrogen-bond acceptors (Lipinski definition) is 7. The zero-order valence-corrected chi connectivity index (χ0v) is 21.5. The third kappa shape index (κ3) is 5.34. The van der Waals surface area contributed by atoms with Gasteiger partial charge in [-0.15, -0.1) is 0 Å². The Morgan fingerprint density at radius 2 is 1.57 bits per heavy atom. The van der Waals surface area contributed by atoms with E-state index < -0.39 is 101 Å². The van der Waals surface area contributed by atoms with E-state index in [1.165, 1.54) is 12.1 Å². The van der Waals surface area contributed by atoms with Crippen molar-refractivity contribution in [1.82, 2.24) is 10.2 Å². The van der Waals surface area contributed by atoms with Gasteiger partial charge in [0.05, 0.1) is 72.0 Å². The molecule has 4 rings (SSSR count). The van der Waals surface area contributed by atoms with Crippen molar-refractivity contribution in [1.29, 1.82) is 0 Å². The van der Waals surface area contributed by atoms with E-state index in [4.69, 9.17) is 4.74 Å². The summed E-state index contributed by atoms with van der Waals surface area (Å²) in [4.78, 5) is 50.9. The van der Waals surface area contributed by atoms with Gasteiger partial charge in [0.1, 0.15) is 18.3 Å². The van der Waals surface area contributed by atoms with Crippen molar-refractivity contribution >= 4 is 23.8 Å². The zero-order chi connectivity index (χ0) is 30.9. The fourth-order valence-corrected chi connectivity index (χ4v) is 4.83. The minimum absolute atomic E-state index is 0.154. The maximum absolute atomic E-state index is 15.1. The first-order chi connectivity index (χ1) is 19.8. The van der Waals surface area contributed by atoms with E-state index in [0.717, 1.165) is 12.0 Å². The molecule has 42 heavy (non-hydrogen) atoms. The van der Waals surface area contributed by atoms with Crippen LogP contribution in [0.4, 0.5) is 26.3 Å². The molecule has 0 fully saturated rings. The molecule has 2 heterocycles. The molecule has 2 amide bonds. The largest absolute Gasteiger partial charge is 0.478 e. The van der Waals surface area contributed by atoms with Gasteiger partial charge >= 0.3 is 18.1 Å². The van der Waals surface area contributed by atoms with Crippen LogP contribution in [-0.4, -0.2) is 67.3 Å². The second-order valence-corrected chi connectivity index (χ2v) is 8.95. The summed E-state index contributed by atoms with van der Waals surface area (Å²) in [5, 5.41) is 12.3. The molecule has 2 N–H and O–H groups in total. The number of carboxylic acid groups (broad SMARTS) is 1. The Kier molecular flexibility index (Phi) is 8.43. The molecule has 0 aromatic heterocycles. The quantitative estimate of drug-likeness (QED) is 0.194. The zero-order valence-electron chi connectivity index (χ0n) is 21.5. The van der Waals surface area contributed by atoms with Gasteiger partial charge in [0.25, 0.3) is 11.8 Å². The Morgan fingerprint density at radius 1 is 0.976 bits per heavy atom. The van der Waals surface area contributed by atoms with Crippen LogP contribution in [-0.2, 0) is 25.2 Å². The molecule has 1 atom stereocenters. The lowest BCUT2D eigenvalue weighted by molar-refractivity contribution is -0.142. The molecular weight excluding hydrogens is 578 g/mol. The molecule has 2 aromatic carbocycles. The molecule has 1 unspecified atom stereocenters. The van der Waals surface area contributed by atoms with Gasteiger partial charge in [-0.05, 0) is 24.3 Å². The standard InChI is InChI=1S/C27H20F6N2O7/c1-41-26(40)20-16(10-28)34-17(11-42-9-8-35-23(36)12-4-2-3-5-13(12)24(35)37)19(25(38)39)21(20)18-14(29)6-7-15(30)22(18)27(31,32)33/h2-7,21,34H,8-11H2,1H3,(H,38,39). The number of dihydropyridines is 1. The summed E-state index contributed by atoms with van der Waals surface area (Å²) in [5.74, 6) is -10.9. The predicted octanol–water partition coefficient (Wildman–Crippen LogP) is 3.72. The third-order valence-corrected chi connectivity index (χ3v) is 6.60. The summed E-state index contributed by atoms with van der Waals surface area (Å²) in [6.45, 7) is -3.10. The molecule has 0 saturated carbocycles. The summed E-state index contributed by atoms with van der Waals surface area (Å²) < 4.78 is 95.4. The fraction of sp³-hybridized carbons (Fsp3) is 0.259. The number of hydrogen-bond donors (Lipinski definition) is 2. The first-order valence-electron chi connectivity index (χ1n) is 12.0. The first kappa shape index (κ1) is 30.3. The molecule has 15 heteroatoms. The number of fused-ring (bicyclic) bond motifs is 1. The van der Waals surface area contributed by atoms with Crippen LogP contribution in [0.1, 0.15) is 37.8 Å². The smallest absolute Gasteiger partial charge is 0.419 e. The van der Waals surface area contributed by atoms with Crippen LogP contribution in [0.5, 0.6) is 0 Å². The molecule has 222 valence electrons. The lowest BCUT2D eigenvalue weighted by Gasteiger charge is -2.32. The van der Waals surface area contributed by atoms with Gasteiger partial charge in [0.15, 0.2) is 0 Å². The highest BCUT2D eigenvalue weighted by Gasteiger charge is 2.47. The number of carbonyl (C=O) groups is 4. The van der Waals surface area contributed by atoms with Crippen molar-refractivity contribution in [2.24, 2.45) is 0 Å². The number of halogens is 6. The third-order valence-electron chi connectivity index (χ3n) is 6.60. The number of rotatable bonds is 9. The number of imide groups is 1. The van der Waals surface area contributed by atoms with Crippen LogP contribution in [0, 0.1) is 11.6 Å². The molecule has 2 aliphatic heterocycles. The molecule has 0 radical (unpaired) electrons. The maximum Gasteiger partial charge on any atom is 0.419 e. The van der Waals surface area contributed by atoms with Crippen molar-refractivity contribution in [2.75, 3.05) is 33.5 Å². The number of benzene rings is 2. The van der Waals surface area contributed by atoms with Crippen molar-refractivity contribution < 1.29 is 60.1 Å². The van der Waals surface area contributed by atoms with Gasteiger partial charge in [-0.2, -0.15) is 13.2 Å². The van der Waals surface area contributed by atoms with E-state index in [1.807, 2.05) is 0 Å². The number of carboxylic acids is 1. The molecule has 2 aliphatic rings. The van der Waals surface area contributed by atoms with Crippen LogP contribution in [0.2, 0.25) is 0 Å².